The zero-order chi connectivity index (χ0) is 13.3. The van der Waals surface area contributed by atoms with Gasteiger partial charge in [-0.15, -0.1) is 0 Å². The van der Waals surface area contributed by atoms with Gasteiger partial charge in [-0.25, -0.2) is 4.79 Å². The molecular weight excluding hydrogens is 236 g/mol. The molecule has 18 heavy (non-hydrogen) atoms. The van der Waals surface area contributed by atoms with Crippen LogP contribution in [0.25, 0.3) is 0 Å². The summed E-state index contributed by atoms with van der Waals surface area (Å²) >= 11 is 0. The van der Waals surface area contributed by atoms with E-state index < -0.39 is 12.1 Å². The summed E-state index contributed by atoms with van der Waals surface area (Å²) in [6, 6.07) is 3.44. The van der Waals surface area contributed by atoms with Gasteiger partial charge in [0, 0.05) is 0 Å². The maximum atomic E-state index is 11.4. The number of methoxy groups -OCH3 is 1. The second-order valence-corrected chi connectivity index (χ2v) is 4.41. The number of hydrogen-bond acceptors (Lipinski definition) is 5. The Morgan fingerprint density at radius 3 is 2.33 bits per heavy atom. The molecular formula is C13H16O5. The molecule has 5 nitrogen and oxygen atoms in total. The zero-order valence-corrected chi connectivity index (χ0v) is 10.6. The van der Waals surface area contributed by atoms with Crippen LogP contribution in [0.2, 0.25) is 0 Å². The molecule has 1 aliphatic rings. The summed E-state index contributed by atoms with van der Waals surface area (Å²) in [6.45, 7) is 4.11. The number of esters is 1. The Hall–Kier alpha value is -1.75. The Morgan fingerprint density at radius 2 is 1.83 bits per heavy atom. The lowest BCUT2D eigenvalue weighted by Crippen LogP contribution is -2.15. The van der Waals surface area contributed by atoms with Crippen molar-refractivity contribution < 1.29 is 24.1 Å². The molecule has 1 aliphatic heterocycles. The summed E-state index contributed by atoms with van der Waals surface area (Å²) < 4.78 is 15.1. The minimum absolute atomic E-state index is 0.147. The molecule has 0 bridgehead atoms. The van der Waals surface area contributed by atoms with Crippen molar-refractivity contribution in [1.29, 1.82) is 0 Å². The number of carbonyl (C=O) groups is 1. The number of aliphatic hydroxyl groups excluding tert-OH is 1. The summed E-state index contributed by atoms with van der Waals surface area (Å²) in [7, 11) is 1.24. The highest BCUT2D eigenvalue weighted by atomic mass is 16.7. The quantitative estimate of drug-likeness (QED) is 0.830. The molecule has 2 rings (SSSR count). The average molecular weight is 252 g/mol. The number of fused-ring (bicyclic) bond motifs is 1. The first kappa shape index (κ1) is 12.7. The molecule has 0 aliphatic carbocycles. The summed E-state index contributed by atoms with van der Waals surface area (Å²) in [5, 5.41) is 9.98. The first-order valence-corrected chi connectivity index (χ1v) is 5.74. The van der Waals surface area contributed by atoms with E-state index >= 15 is 0 Å². The molecule has 98 valence electrons. The van der Waals surface area contributed by atoms with Gasteiger partial charge in [-0.3, -0.25) is 0 Å². The van der Waals surface area contributed by atoms with Gasteiger partial charge in [0.1, 0.15) is 0 Å². The van der Waals surface area contributed by atoms with Crippen LogP contribution in [-0.2, 0) is 9.53 Å². The van der Waals surface area contributed by atoms with E-state index in [1.807, 2.05) is 13.8 Å². The highest BCUT2D eigenvalue weighted by Gasteiger charge is 2.26. The minimum Gasteiger partial charge on any atom is -0.467 e. The van der Waals surface area contributed by atoms with Crippen LogP contribution < -0.4 is 9.47 Å². The molecule has 1 aromatic rings. The van der Waals surface area contributed by atoms with Gasteiger partial charge in [-0.1, -0.05) is 13.8 Å². The molecule has 0 aromatic heterocycles. The smallest absolute Gasteiger partial charge is 0.339 e. The Bertz CT molecular complexity index is 467. The van der Waals surface area contributed by atoms with Crippen molar-refractivity contribution in [3.05, 3.63) is 23.3 Å². The number of rotatable bonds is 3. The van der Waals surface area contributed by atoms with Crippen LogP contribution >= 0.6 is 0 Å². The maximum absolute atomic E-state index is 11.4. The summed E-state index contributed by atoms with van der Waals surface area (Å²) in [5.74, 6) is 0.640. The van der Waals surface area contributed by atoms with Gasteiger partial charge in [0.15, 0.2) is 17.6 Å². The van der Waals surface area contributed by atoms with Crippen molar-refractivity contribution in [3.63, 3.8) is 0 Å². The molecule has 0 saturated heterocycles. The maximum Gasteiger partial charge on any atom is 0.339 e. The van der Waals surface area contributed by atoms with E-state index in [1.54, 1.807) is 12.1 Å². The second-order valence-electron chi connectivity index (χ2n) is 4.41. The van der Waals surface area contributed by atoms with Crippen LogP contribution in [0.4, 0.5) is 0 Å². The van der Waals surface area contributed by atoms with Gasteiger partial charge in [0.2, 0.25) is 6.79 Å². The first-order chi connectivity index (χ1) is 8.54. The monoisotopic (exact) mass is 252 g/mol. The first-order valence-electron chi connectivity index (χ1n) is 5.74. The van der Waals surface area contributed by atoms with Crippen molar-refractivity contribution in [1.82, 2.24) is 0 Å². The molecule has 0 amide bonds. The molecule has 0 radical (unpaired) electrons. The van der Waals surface area contributed by atoms with Gasteiger partial charge in [0.05, 0.1) is 7.11 Å². The summed E-state index contributed by atoms with van der Waals surface area (Å²) in [6.07, 6.45) is -1.30. The largest absolute Gasteiger partial charge is 0.467 e. The second kappa shape index (κ2) is 4.86. The number of benzene rings is 1. The average Bonchev–Trinajstić information content (AvgIpc) is 2.82. The van der Waals surface area contributed by atoms with E-state index in [0.717, 1.165) is 5.56 Å². The number of hydrogen-bond donors (Lipinski definition) is 1. The topological polar surface area (TPSA) is 65.0 Å². The molecule has 1 N–H and O–H groups in total. The molecule has 0 saturated carbocycles. The highest BCUT2D eigenvalue weighted by Crippen LogP contribution is 2.39. The SMILES string of the molecule is COC(=O)C(O)c1cc2c(cc1C(C)C)OCO2. The molecule has 0 fully saturated rings. The highest BCUT2D eigenvalue weighted by molar-refractivity contribution is 5.77. The van der Waals surface area contributed by atoms with E-state index in [-0.39, 0.29) is 12.7 Å². The van der Waals surface area contributed by atoms with Crippen LogP contribution in [-0.4, -0.2) is 25.0 Å². The van der Waals surface area contributed by atoms with Crippen LogP contribution in [0.1, 0.15) is 37.0 Å². The normalized spacial score (nSPS) is 14.7. The lowest BCUT2D eigenvalue weighted by molar-refractivity contribution is -0.150. The molecule has 1 heterocycles. The third-order valence-electron chi connectivity index (χ3n) is 2.92. The third kappa shape index (κ3) is 2.13. The van der Waals surface area contributed by atoms with Gasteiger partial charge in [0.25, 0.3) is 0 Å². The lowest BCUT2D eigenvalue weighted by atomic mass is 9.93. The Balaban J connectivity index is 2.47. The van der Waals surface area contributed by atoms with Crippen LogP contribution in [0.3, 0.4) is 0 Å². The Labute approximate surface area is 105 Å². The standard InChI is InChI=1S/C13H16O5/c1-7(2)8-4-10-11(18-6-17-10)5-9(8)12(14)13(15)16-3/h4-5,7,12,14H,6H2,1-3H3. The van der Waals surface area contributed by atoms with Gasteiger partial charge >= 0.3 is 5.97 Å². The van der Waals surface area contributed by atoms with Crippen LogP contribution in [0.15, 0.2) is 12.1 Å². The summed E-state index contributed by atoms with van der Waals surface area (Å²) in [4.78, 5) is 11.4. The van der Waals surface area contributed by atoms with Crippen LogP contribution in [0, 0.1) is 0 Å². The molecule has 1 unspecified atom stereocenters. The molecule has 1 atom stereocenters. The minimum atomic E-state index is -1.30. The van der Waals surface area contributed by atoms with E-state index in [2.05, 4.69) is 4.74 Å². The van der Waals surface area contributed by atoms with Gasteiger partial charge in [-0.05, 0) is 29.2 Å². The fraction of sp³-hybridized carbons (Fsp3) is 0.462. The predicted molar refractivity (Wildman–Crippen MR) is 63.6 cm³/mol. The zero-order valence-electron chi connectivity index (χ0n) is 10.6. The summed E-state index contributed by atoms with van der Waals surface area (Å²) in [5.41, 5.74) is 1.35. The predicted octanol–water partition coefficient (Wildman–Crippen LogP) is 1.75. The third-order valence-corrected chi connectivity index (χ3v) is 2.92. The van der Waals surface area contributed by atoms with E-state index in [1.165, 1.54) is 7.11 Å². The Kier molecular flexibility index (Phi) is 3.43. The lowest BCUT2D eigenvalue weighted by Gasteiger charge is -2.17. The van der Waals surface area contributed by atoms with E-state index in [0.29, 0.717) is 17.1 Å². The van der Waals surface area contributed by atoms with Gasteiger partial charge < -0.3 is 19.3 Å². The van der Waals surface area contributed by atoms with Crippen molar-refractivity contribution in [2.24, 2.45) is 0 Å². The number of carbonyl (C=O) groups excluding carboxylic acids is 1. The van der Waals surface area contributed by atoms with E-state index in [9.17, 15) is 9.90 Å². The fourth-order valence-corrected chi connectivity index (χ4v) is 1.95. The van der Waals surface area contributed by atoms with Crippen molar-refractivity contribution >= 4 is 5.97 Å². The molecule has 5 heteroatoms. The fourth-order valence-electron chi connectivity index (χ4n) is 1.95. The van der Waals surface area contributed by atoms with Crippen molar-refractivity contribution in [2.45, 2.75) is 25.9 Å². The molecule has 0 spiro atoms. The Morgan fingerprint density at radius 1 is 1.28 bits per heavy atom. The van der Waals surface area contributed by atoms with Crippen molar-refractivity contribution in [3.8, 4) is 11.5 Å². The molecule has 1 aromatic carbocycles. The number of ether oxygens (including phenoxy) is 3. The number of aliphatic hydroxyl groups is 1. The van der Waals surface area contributed by atoms with Crippen LogP contribution in [0.5, 0.6) is 11.5 Å². The van der Waals surface area contributed by atoms with E-state index in [4.69, 9.17) is 9.47 Å². The van der Waals surface area contributed by atoms with Crippen molar-refractivity contribution in [2.75, 3.05) is 13.9 Å². The van der Waals surface area contributed by atoms with Gasteiger partial charge in [-0.2, -0.15) is 0 Å².